The zero-order chi connectivity index (χ0) is 13.1. The lowest BCUT2D eigenvalue weighted by Crippen LogP contribution is -2.56. The minimum Gasteiger partial charge on any atom is -0.311 e. The van der Waals surface area contributed by atoms with E-state index >= 15 is 0 Å². The smallest absolute Gasteiger partial charge is 0.0237 e. The van der Waals surface area contributed by atoms with Gasteiger partial charge in [-0.3, -0.25) is 4.90 Å². The number of benzene rings is 1. The molecular weight excluding hydrogens is 220 g/mol. The SMILES string of the molecule is Cc1cccc(CN2CC(C(C)C)NCC2C)c1. The number of hydrogen-bond donors (Lipinski definition) is 1. The fourth-order valence-electron chi connectivity index (χ4n) is 2.66. The summed E-state index contributed by atoms with van der Waals surface area (Å²) in [5.41, 5.74) is 2.79. The molecule has 2 rings (SSSR count). The number of nitrogens with zero attached hydrogens (tertiary/aromatic N) is 1. The number of hydrogen-bond acceptors (Lipinski definition) is 2. The molecule has 2 nitrogen and oxygen atoms in total. The van der Waals surface area contributed by atoms with E-state index in [9.17, 15) is 0 Å². The Morgan fingerprint density at radius 2 is 2.17 bits per heavy atom. The van der Waals surface area contributed by atoms with E-state index in [1.165, 1.54) is 11.1 Å². The van der Waals surface area contributed by atoms with E-state index in [0.29, 0.717) is 18.0 Å². The second kappa shape index (κ2) is 5.85. The summed E-state index contributed by atoms with van der Waals surface area (Å²) in [6.07, 6.45) is 0. The van der Waals surface area contributed by atoms with E-state index in [1.807, 2.05) is 0 Å². The van der Waals surface area contributed by atoms with Crippen LogP contribution in [0.4, 0.5) is 0 Å². The second-order valence-electron chi connectivity index (χ2n) is 6.03. The average molecular weight is 246 g/mol. The molecule has 2 heteroatoms. The maximum absolute atomic E-state index is 3.65. The number of aryl methyl sites for hydroxylation is 1. The van der Waals surface area contributed by atoms with Gasteiger partial charge in [-0.05, 0) is 25.3 Å². The third-order valence-corrected chi connectivity index (χ3v) is 4.00. The molecule has 0 aromatic heterocycles. The van der Waals surface area contributed by atoms with Crippen molar-refractivity contribution in [2.45, 2.75) is 46.3 Å². The van der Waals surface area contributed by atoms with Gasteiger partial charge in [0.25, 0.3) is 0 Å². The molecule has 1 N–H and O–H groups in total. The third kappa shape index (κ3) is 3.33. The molecule has 100 valence electrons. The third-order valence-electron chi connectivity index (χ3n) is 4.00. The molecule has 0 bridgehead atoms. The minimum atomic E-state index is 0.625. The summed E-state index contributed by atoms with van der Waals surface area (Å²) in [5.74, 6) is 0.706. The number of rotatable bonds is 3. The molecule has 2 unspecified atom stereocenters. The second-order valence-corrected chi connectivity index (χ2v) is 6.03. The Morgan fingerprint density at radius 1 is 1.39 bits per heavy atom. The monoisotopic (exact) mass is 246 g/mol. The van der Waals surface area contributed by atoms with Crippen LogP contribution in [0.25, 0.3) is 0 Å². The van der Waals surface area contributed by atoms with Gasteiger partial charge in [0, 0.05) is 31.7 Å². The Kier molecular flexibility index (Phi) is 4.41. The predicted octanol–water partition coefficient (Wildman–Crippen LogP) is 2.81. The molecule has 0 spiro atoms. The molecule has 18 heavy (non-hydrogen) atoms. The Morgan fingerprint density at radius 3 is 2.83 bits per heavy atom. The van der Waals surface area contributed by atoms with Crippen LogP contribution in [0.15, 0.2) is 24.3 Å². The van der Waals surface area contributed by atoms with Crippen LogP contribution in [0.1, 0.15) is 31.9 Å². The lowest BCUT2D eigenvalue weighted by Gasteiger charge is -2.40. The minimum absolute atomic E-state index is 0.625. The molecule has 2 atom stereocenters. The number of piperazine rings is 1. The van der Waals surface area contributed by atoms with E-state index in [4.69, 9.17) is 0 Å². The molecule has 1 saturated heterocycles. The highest BCUT2D eigenvalue weighted by Crippen LogP contribution is 2.16. The predicted molar refractivity (Wildman–Crippen MR) is 77.7 cm³/mol. The van der Waals surface area contributed by atoms with Crippen molar-refractivity contribution in [3.05, 3.63) is 35.4 Å². The molecule has 1 heterocycles. The fourth-order valence-corrected chi connectivity index (χ4v) is 2.66. The van der Waals surface area contributed by atoms with E-state index in [2.05, 4.69) is 62.2 Å². The maximum Gasteiger partial charge on any atom is 0.0237 e. The van der Waals surface area contributed by atoms with E-state index in [-0.39, 0.29) is 0 Å². The Hall–Kier alpha value is -0.860. The van der Waals surface area contributed by atoms with Crippen molar-refractivity contribution in [2.24, 2.45) is 5.92 Å². The topological polar surface area (TPSA) is 15.3 Å². The van der Waals surface area contributed by atoms with Gasteiger partial charge in [-0.25, -0.2) is 0 Å². The molecule has 0 aliphatic carbocycles. The summed E-state index contributed by atoms with van der Waals surface area (Å²) in [6, 6.07) is 10.1. The summed E-state index contributed by atoms with van der Waals surface area (Å²) >= 11 is 0. The van der Waals surface area contributed by atoms with E-state index in [0.717, 1.165) is 19.6 Å². The summed E-state index contributed by atoms with van der Waals surface area (Å²) in [6.45, 7) is 12.4. The molecule has 0 radical (unpaired) electrons. The normalized spacial score (nSPS) is 25.6. The van der Waals surface area contributed by atoms with Gasteiger partial charge in [-0.1, -0.05) is 43.7 Å². The highest BCUT2D eigenvalue weighted by Gasteiger charge is 2.26. The van der Waals surface area contributed by atoms with Gasteiger partial charge in [0.05, 0.1) is 0 Å². The molecule has 1 aliphatic heterocycles. The van der Waals surface area contributed by atoms with Crippen molar-refractivity contribution in [3.8, 4) is 0 Å². The van der Waals surface area contributed by atoms with Crippen molar-refractivity contribution >= 4 is 0 Å². The largest absolute Gasteiger partial charge is 0.311 e. The fraction of sp³-hybridized carbons (Fsp3) is 0.625. The quantitative estimate of drug-likeness (QED) is 0.882. The Balaban J connectivity index is 2.02. The summed E-state index contributed by atoms with van der Waals surface area (Å²) in [5, 5.41) is 3.65. The number of nitrogens with one attached hydrogen (secondary N) is 1. The van der Waals surface area contributed by atoms with Crippen molar-refractivity contribution in [3.63, 3.8) is 0 Å². The van der Waals surface area contributed by atoms with Crippen LogP contribution in [-0.4, -0.2) is 30.1 Å². The summed E-state index contributed by atoms with van der Waals surface area (Å²) in [4.78, 5) is 2.61. The van der Waals surface area contributed by atoms with Gasteiger partial charge in [0.2, 0.25) is 0 Å². The zero-order valence-electron chi connectivity index (χ0n) is 12.1. The molecule has 0 saturated carbocycles. The van der Waals surface area contributed by atoms with Gasteiger partial charge in [0.15, 0.2) is 0 Å². The van der Waals surface area contributed by atoms with E-state index in [1.54, 1.807) is 0 Å². The van der Waals surface area contributed by atoms with Crippen molar-refractivity contribution < 1.29 is 0 Å². The van der Waals surface area contributed by atoms with Gasteiger partial charge < -0.3 is 5.32 Å². The van der Waals surface area contributed by atoms with Crippen LogP contribution in [0.3, 0.4) is 0 Å². The molecule has 1 aromatic carbocycles. The Bertz CT molecular complexity index is 386. The lowest BCUT2D eigenvalue weighted by molar-refractivity contribution is 0.116. The van der Waals surface area contributed by atoms with Crippen molar-refractivity contribution in [1.29, 1.82) is 0 Å². The Labute approximate surface area is 111 Å². The van der Waals surface area contributed by atoms with Gasteiger partial charge in [-0.2, -0.15) is 0 Å². The lowest BCUT2D eigenvalue weighted by atomic mass is 9.99. The van der Waals surface area contributed by atoms with Crippen LogP contribution in [0.5, 0.6) is 0 Å². The molecule has 1 fully saturated rings. The summed E-state index contributed by atoms with van der Waals surface area (Å²) in [7, 11) is 0. The van der Waals surface area contributed by atoms with Crippen LogP contribution in [-0.2, 0) is 6.54 Å². The highest BCUT2D eigenvalue weighted by atomic mass is 15.2. The first-order valence-electron chi connectivity index (χ1n) is 7.09. The molecule has 1 aliphatic rings. The first-order valence-corrected chi connectivity index (χ1v) is 7.09. The van der Waals surface area contributed by atoms with Gasteiger partial charge in [0.1, 0.15) is 0 Å². The van der Waals surface area contributed by atoms with Gasteiger partial charge in [-0.15, -0.1) is 0 Å². The van der Waals surface area contributed by atoms with Crippen LogP contribution in [0, 0.1) is 12.8 Å². The molecule has 1 aromatic rings. The molecular formula is C16H26N2. The van der Waals surface area contributed by atoms with Crippen LogP contribution in [0.2, 0.25) is 0 Å². The zero-order valence-corrected chi connectivity index (χ0v) is 12.1. The average Bonchev–Trinajstić information content (AvgIpc) is 2.31. The summed E-state index contributed by atoms with van der Waals surface area (Å²) < 4.78 is 0. The van der Waals surface area contributed by atoms with Crippen LogP contribution < -0.4 is 5.32 Å². The van der Waals surface area contributed by atoms with E-state index < -0.39 is 0 Å². The first kappa shape index (κ1) is 13.6. The van der Waals surface area contributed by atoms with Crippen molar-refractivity contribution in [1.82, 2.24) is 10.2 Å². The molecule has 0 amide bonds. The van der Waals surface area contributed by atoms with Crippen LogP contribution >= 0.6 is 0 Å². The van der Waals surface area contributed by atoms with Gasteiger partial charge >= 0.3 is 0 Å². The van der Waals surface area contributed by atoms with Crippen molar-refractivity contribution in [2.75, 3.05) is 13.1 Å². The standard InChI is InChI=1S/C16H26N2/c1-12(2)16-11-18(14(4)9-17-16)10-15-7-5-6-13(3)8-15/h5-8,12,14,16-17H,9-11H2,1-4H3. The highest BCUT2D eigenvalue weighted by molar-refractivity contribution is 5.22. The first-order chi connectivity index (χ1) is 8.56. The maximum atomic E-state index is 3.65.